The highest BCUT2D eigenvalue weighted by molar-refractivity contribution is 5.90. The minimum atomic E-state index is -0.301. The van der Waals surface area contributed by atoms with E-state index < -0.39 is 0 Å². The van der Waals surface area contributed by atoms with E-state index >= 15 is 0 Å². The van der Waals surface area contributed by atoms with Crippen molar-refractivity contribution in [3.8, 4) is 22.6 Å². The van der Waals surface area contributed by atoms with Crippen LogP contribution in [0.3, 0.4) is 0 Å². The normalized spacial score (nSPS) is 12.2. The van der Waals surface area contributed by atoms with Gasteiger partial charge >= 0.3 is 5.97 Å². The Balaban J connectivity index is 1.86. The van der Waals surface area contributed by atoms with Crippen LogP contribution in [0.5, 0.6) is 11.5 Å². The molecule has 1 aliphatic heterocycles. The van der Waals surface area contributed by atoms with Crippen LogP contribution in [0.1, 0.15) is 17.3 Å². The molecule has 0 unspecified atom stereocenters. The molecule has 0 aliphatic carbocycles. The molecule has 0 N–H and O–H groups in total. The van der Waals surface area contributed by atoms with Gasteiger partial charge in [-0.15, -0.1) is 0 Å². The second kappa shape index (κ2) is 5.25. The zero-order chi connectivity index (χ0) is 13.9. The molecule has 0 fully saturated rings. The molecular weight excluding hydrogens is 256 g/mol. The number of hydrogen-bond acceptors (Lipinski definition) is 4. The van der Waals surface area contributed by atoms with Crippen molar-refractivity contribution in [2.45, 2.75) is 6.92 Å². The molecule has 0 radical (unpaired) electrons. The van der Waals surface area contributed by atoms with Crippen LogP contribution in [0, 0.1) is 0 Å². The molecule has 0 saturated carbocycles. The lowest BCUT2D eigenvalue weighted by atomic mass is 10.0. The molecule has 0 saturated heterocycles. The van der Waals surface area contributed by atoms with E-state index in [1.807, 2.05) is 30.3 Å². The maximum absolute atomic E-state index is 11.6. The number of carbonyl (C=O) groups excluding carboxylic acids is 1. The molecule has 2 aromatic carbocycles. The van der Waals surface area contributed by atoms with E-state index in [-0.39, 0.29) is 12.8 Å². The first kappa shape index (κ1) is 12.5. The zero-order valence-electron chi connectivity index (χ0n) is 11.1. The van der Waals surface area contributed by atoms with Crippen LogP contribution in [0.4, 0.5) is 0 Å². The fraction of sp³-hybridized carbons (Fsp3) is 0.188. The van der Waals surface area contributed by atoms with Gasteiger partial charge in [-0.3, -0.25) is 0 Å². The maximum atomic E-state index is 11.6. The molecule has 0 atom stereocenters. The summed E-state index contributed by atoms with van der Waals surface area (Å²) in [5.41, 5.74) is 2.58. The molecule has 1 aliphatic rings. The van der Waals surface area contributed by atoms with Gasteiger partial charge in [-0.25, -0.2) is 4.79 Å². The van der Waals surface area contributed by atoms with Crippen LogP contribution in [0.15, 0.2) is 42.5 Å². The van der Waals surface area contributed by atoms with Gasteiger partial charge in [-0.05, 0) is 42.3 Å². The molecule has 4 nitrogen and oxygen atoms in total. The predicted octanol–water partition coefficient (Wildman–Crippen LogP) is 3.26. The smallest absolute Gasteiger partial charge is 0.338 e. The first-order valence-electron chi connectivity index (χ1n) is 6.45. The van der Waals surface area contributed by atoms with Gasteiger partial charge in [-0.2, -0.15) is 0 Å². The second-order valence-electron chi connectivity index (χ2n) is 4.37. The molecule has 20 heavy (non-hydrogen) atoms. The van der Waals surface area contributed by atoms with E-state index in [1.165, 1.54) is 0 Å². The van der Waals surface area contributed by atoms with Crippen molar-refractivity contribution < 1.29 is 19.0 Å². The average molecular weight is 270 g/mol. The monoisotopic (exact) mass is 270 g/mol. The van der Waals surface area contributed by atoms with Gasteiger partial charge in [0.25, 0.3) is 0 Å². The first-order valence-corrected chi connectivity index (χ1v) is 6.45. The van der Waals surface area contributed by atoms with Gasteiger partial charge in [0, 0.05) is 0 Å². The topological polar surface area (TPSA) is 44.8 Å². The Labute approximate surface area is 116 Å². The third-order valence-corrected chi connectivity index (χ3v) is 3.10. The van der Waals surface area contributed by atoms with Gasteiger partial charge in [0.15, 0.2) is 11.5 Å². The quantitative estimate of drug-likeness (QED) is 0.803. The molecule has 4 heteroatoms. The van der Waals surface area contributed by atoms with Crippen LogP contribution in [-0.2, 0) is 4.74 Å². The van der Waals surface area contributed by atoms with Gasteiger partial charge in [0.2, 0.25) is 6.79 Å². The molecule has 0 aromatic heterocycles. The van der Waals surface area contributed by atoms with Crippen LogP contribution in [0.25, 0.3) is 11.1 Å². The fourth-order valence-corrected chi connectivity index (χ4v) is 2.09. The summed E-state index contributed by atoms with van der Waals surface area (Å²) in [5, 5.41) is 0. The second-order valence-corrected chi connectivity index (χ2v) is 4.37. The van der Waals surface area contributed by atoms with Crippen molar-refractivity contribution in [2.75, 3.05) is 13.4 Å². The highest BCUT2D eigenvalue weighted by Crippen LogP contribution is 2.35. The molecule has 0 bridgehead atoms. The predicted molar refractivity (Wildman–Crippen MR) is 74.0 cm³/mol. The van der Waals surface area contributed by atoms with Crippen LogP contribution in [-0.4, -0.2) is 19.4 Å². The van der Waals surface area contributed by atoms with Gasteiger partial charge in [0.05, 0.1) is 12.2 Å². The Hall–Kier alpha value is -2.49. The van der Waals surface area contributed by atoms with Crippen LogP contribution >= 0.6 is 0 Å². The number of rotatable bonds is 3. The van der Waals surface area contributed by atoms with Gasteiger partial charge in [0.1, 0.15) is 0 Å². The average Bonchev–Trinajstić information content (AvgIpc) is 2.95. The summed E-state index contributed by atoms with van der Waals surface area (Å²) in [7, 11) is 0. The summed E-state index contributed by atoms with van der Waals surface area (Å²) >= 11 is 0. The lowest BCUT2D eigenvalue weighted by molar-refractivity contribution is 0.0526. The Morgan fingerprint density at radius 3 is 2.50 bits per heavy atom. The van der Waals surface area contributed by atoms with Crippen molar-refractivity contribution in [2.24, 2.45) is 0 Å². The third kappa shape index (κ3) is 2.32. The molecular formula is C16H14O4. The minimum Gasteiger partial charge on any atom is -0.462 e. The Morgan fingerprint density at radius 1 is 1.05 bits per heavy atom. The zero-order valence-corrected chi connectivity index (χ0v) is 11.1. The van der Waals surface area contributed by atoms with Crippen molar-refractivity contribution in [3.63, 3.8) is 0 Å². The van der Waals surface area contributed by atoms with Gasteiger partial charge < -0.3 is 14.2 Å². The Bertz CT molecular complexity index is 631. The standard InChI is InChI=1S/C16H14O4/c1-2-18-16(17)12-5-3-11(4-6-12)13-7-8-14-15(9-13)20-10-19-14/h3-9H,2,10H2,1H3. The van der Waals surface area contributed by atoms with Crippen LogP contribution in [0.2, 0.25) is 0 Å². The van der Waals surface area contributed by atoms with E-state index in [0.29, 0.717) is 12.2 Å². The Morgan fingerprint density at radius 2 is 1.75 bits per heavy atom. The third-order valence-electron chi connectivity index (χ3n) is 3.10. The summed E-state index contributed by atoms with van der Waals surface area (Å²) in [6, 6.07) is 13.1. The van der Waals surface area contributed by atoms with Crippen molar-refractivity contribution in [1.82, 2.24) is 0 Å². The van der Waals surface area contributed by atoms with Crippen molar-refractivity contribution in [1.29, 1.82) is 0 Å². The van der Waals surface area contributed by atoms with Gasteiger partial charge in [-0.1, -0.05) is 18.2 Å². The molecule has 3 rings (SSSR count). The van der Waals surface area contributed by atoms with E-state index in [4.69, 9.17) is 14.2 Å². The van der Waals surface area contributed by atoms with E-state index in [1.54, 1.807) is 19.1 Å². The van der Waals surface area contributed by atoms with Crippen LogP contribution < -0.4 is 9.47 Å². The number of hydrogen-bond donors (Lipinski definition) is 0. The number of fused-ring (bicyclic) bond motifs is 1. The first-order chi connectivity index (χ1) is 9.78. The summed E-state index contributed by atoms with van der Waals surface area (Å²) in [4.78, 5) is 11.6. The number of ether oxygens (including phenoxy) is 3. The fourth-order valence-electron chi connectivity index (χ4n) is 2.09. The summed E-state index contributed by atoms with van der Waals surface area (Å²) in [6.07, 6.45) is 0. The van der Waals surface area contributed by atoms with E-state index in [0.717, 1.165) is 22.6 Å². The summed E-state index contributed by atoms with van der Waals surface area (Å²) < 4.78 is 15.6. The number of carbonyl (C=O) groups is 1. The van der Waals surface area contributed by atoms with Crippen molar-refractivity contribution >= 4 is 5.97 Å². The van der Waals surface area contributed by atoms with E-state index in [9.17, 15) is 4.79 Å². The van der Waals surface area contributed by atoms with E-state index in [2.05, 4.69) is 0 Å². The summed E-state index contributed by atoms with van der Waals surface area (Å²) in [5.74, 6) is 1.21. The Kier molecular flexibility index (Phi) is 3.29. The molecule has 102 valence electrons. The molecule has 1 heterocycles. The largest absolute Gasteiger partial charge is 0.462 e. The number of benzene rings is 2. The SMILES string of the molecule is CCOC(=O)c1ccc(-c2ccc3c(c2)OCO3)cc1. The minimum absolute atomic E-state index is 0.264. The van der Waals surface area contributed by atoms with Crippen molar-refractivity contribution in [3.05, 3.63) is 48.0 Å². The lowest BCUT2D eigenvalue weighted by Gasteiger charge is -2.05. The maximum Gasteiger partial charge on any atom is 0.338 e. The number of esters is 1. The highest BCUT2D eigenvalue weighted by atomic mass is 16.7. The molecule has 0 spiro atoms. The lowest BCUT2D eigenvalue weighted by Crippen LogP contribution is -2.03. The summed E-state index contributed by atoms with van der Waals surface area (Å²) in [6.45, 7) is 2.43. The molecule has 0 amide bonds. The highest BCUT2D eigenvalue weighted by Gasteiger charge is 2.14. The molecule has 2 aromatic rings.